The van der Waals surface area contributed by atoms with Crippen LogP contribution in [0.1, 0.15) is 28.1 Å². The van der Waals surface area contributed by atoms with Crippen molar-refractivity contribution < 1.29 is 13.2 Å². The van der Waals surface area contributed by atoms with Crippen LogP contribution in [0.2, 0.25) is 0 Å². The van der Waals surface area contributed by atoms with E-state index >= 15 is 0 Å². The van der Waals surface area contributed by atoms with Crippen molar-refractivity contribution in [2.45, 2.75) is 46.1 Å². The third-order valence-electron chi connectivity index (χ3n) is 4.34. The van der Waals surface area contributed by atoms with Gasteiger partial charge in [0, 0.05) is 12.2 Å². The standard InChI is InChI=1S/C17H25N3O3S/c1-11-10-17(12(2)9-16(11)23-6)24(21,22)18-7-8-20-15(5)13(3)14(4)19-20/h9-10,18H,7-8H2,1-6H3. The van der Waals surface area contributed by atoms with Gasteiger partial charge in [-0.2, -0.15) is 5.10 Å². The van der Waals surface area contributed by atoms with Crippen molar-refractivity contribution in [3.63, 3.8) is 0 Å². The van der Waals surface area contributed by atoms with Gasteiger partial charge in [-0.1, -0.05) is 0 Å². The minimum Gasteiger partial charge on any atom is -0.496 e. The maximum atomic E-state index is 12.6. The average Bonchev–Trinajstić information content (AvgIpc) is 2.76. The molecule has 2 aromatic rings. The molecule has 1 heterocycles. The number of nitrogens with one attached hydrogen (secondary N) is 1. The van der Waals surface area contributed by atoms with E-state index in [1.54, 1.807) is 26.2 Å². The van der Waals surface area contributed by atoms with Crippen molar-refractivity contribution in [1.29, 1.82) is 0 Å². The van der Waals surface area contributed by atoms with Crippen LogP contribution >= 0.6 is 0 Å². The molecular weight excluding hydrogens is 326 g/mol. The van der Waals surface area contributed by atoms with Gasteiger partial charge in [-0.3, -0.25) is 4.68 Å². The van der Waals surface area contributed by atoms with E-state index in [1.165, 1.54) is 0 Å². The molecule has 0 aliphatic carbocycles. The van der Waals surface area contributed by atoms with E-state index in [4.69, 9.17) is 4.74 Å². The average molecular weight is 351 g/mol. The third kappa shape index (κ3) is 3.62. The zero-order chi connectivity index (χ0) is 18.1. The van der Waals surface area contributed by atoms with Gasteiger partial charge in [-0.25, -0.2) is 13.1 Å². The van der Waals surface area contributed by atoms with Gasteiger partial charge in [0.1, 0.15) is 5.75 Å². The highest BCUT2D eigenvalue weighted by Crippen LogP contribution is 2.25. The predicted molar refractivity (Wildman–Crippen MR) is 94.1 cm³/mol. The molecule has 0 aliphatic rings. The highest BCUT2D eigenvalue weighted by atomic mass is 32.2. The van der Waals surface area contributed by atoms with Crippen molar-refractivity contribution in [3.8, 4) is 5.75 Å². The molecular formula is C17H25N3O3S. The van der Waals surface area contributed by atoms with Gasteiger partial charge in [0.2, 0.25) is 10.0 Å². The summed E-state index contributed by atoms with van der Waals surface area (Å²) in [6.45, 7) is 10.3. The minimum absolute atomic E-state index is 0.283. The summed E-state index contributed by atoms with van der Waals surface area (Å²) in [7, 11) is -2.00. The van der Waals surface area contributed by atoms with Crippen LogP contribution in [-0.2, 0) is 16.6 Å². The van der Waals surface area contributed by atoms with Gasteiger partial charge < -0.3 is 4.74 Å². The summed E-state index contributed by atoms with van der Waals surface area (Å²) >= 11 is 0. The first-order valence-corrected chi connectivity index (χ1v) is 9.31. The zero-order valence-corrected chi connectivity index (χ0v) is 15.9. The number of hydrogen-bond donors (Lipinski definition) is 1. The Labute approximate surface area is 143 Å². The van der Waals surface area contributed by atoms with Crippen LogP contribution < -0.4 is 9.46 Å². The molecule has 0 atom stereocenters. The Morgan fingerprint density at radius 1 is 1.12 bits per heavy atom. The summed E-state index contributed by atoms with van der Waals surface area (Å²) in [5.74, 6) is 0.685. The zero-order valence-electron chi connectivity index (χ0n) is 15.1. The van der Waals surface area contributed by atoms with Gasteiger partial charge in [-0.05, 0) is 63.4 Å². The summed E-state index contributed by atoms with van der Waals surface area (Å²) in [5, 5.41) is 4.42. The highest BCUT2D eigenvalue weighted by molar-refractivity contribution is 7.89. The summed E-state index contributed by atoms with van der Waals surface area (Å²) in [5.41, 5.74) is 4.61. The number of rotatable bonds is 6. The van der Waals surface area contributed by atoms with E-state index in [-0.39, 0.29) is 11.4 Å². The Morgan fingerprint density at radius 2 is 1.79 bits per heavy atom. The first-order valence-electron chi connectivity index (χ1n) is 7.83. The second-order valence-corrected chi connectivity index (χ2v) is 7.74. The first kappa shape index (κ1) is 18.5. The van der Waals surface area contributed by atoms with Gasteiger partial charge in [0.25, 0.3) is 0 Å². The maximum absolute atomic E-state index is 12.6. The van der Waals surface area contributed by atoms with Gasteiger partial charge >= 0.3 is 0 Å². The normalized spacial score (nSPS) is 11.8. The first-order chi connectivity index (χ1) is 11.2. The van der Waals surface area contributed by atoms with E-state index in [1.807, 2.05) is 32.4 Å². The minimum atomic E-state index is -3.57. The summed E-state index contributed by atoms with van der Waals surface area (Å²) < 4.78 is 34.9. The summed E-state index contributed by atoms with van der Waals surface area (Å²) in [6.07, 6.45) is 0. The molecule has 1 aromatic heterocycles. The largest absolute Gasteiger partial charge is 0.496 e. The van der Waals surface area contributed by atoms with Crippen LogP contribution in [0.25, 0.3) is 0 Å². The lowest BCUT2D eigenvalue weighted by atomic mass is 10.1. The van der Waals surface area contributed by atoms with Gasteiger partial charge in [0.05, 0.1) is 24.2 Å². The highest BCUT2D eigenvalue weighted by Gasteiger charge is 2.18. The molecule has 2 rings (SSSR count). The molecule has 132 valence electrons. The van der Waals surface area contributed by atoms with Crippen molar-refractivity contribution in [2.24, 2.45) is 0 Å². The fraction of sp³-hybridized carbons (Fsp3) is 0.471. The van der Waals surface area contributed by atoms with Crippen LogP contribution in [0.4, 0.5) is 0 Å². The third-order valence-corrected chi connectivity index (χ3v) is 5.94. The number of nitrogens with zero attached hydrogens (tertiary/aromatic N) is 2. The second kappa shape index (κ2) is 6.94. The quantitative estimate of drug-likeness (QED) is 0.867. The SMILES string of the molecule is COc1cc(C)c(S(=O)(=O)NCCn2nc(C)c(C)c2C)cc1C. The molecule has 0 saturated heterocycles. The molecule has 0 amide bonds. The fourth-order valence-corrected chi connectivity index (χ4v) is 3.97. The van der Waals surface area contributed by atoms with Crippen LogP contribution in [0.5, 0.6) is 5.75 Å². The van der Waals surface area contributed by atoms with Crippen LogP contribution in [0, 0.1) is 34.6 Å². The lowest BCUT2D eigenvalue weighted by Crippen LogP contribution is -2.28. The molecule has 1 aromatic carbocycles. The van der Waals surface area contributed by atoms with E-state index in [9.17, 15) is 8.42 Å². The lowest BCUT2D eigenvalue weighted by molar-refractivity contribution is 0.411. The molecule has 0 spiro atoms. The Hall–Kier alpha value is -1.86. The van der Waals surface area contributed by atoms with E-state index in [2.05, 4.69) is 9.82 Å². The molecule has 0 fully saturated rings. The van der Waals surface area contributed by atoms with Gasteiger partial charge in [-0.15, -0.1) is 0 Å². The molecule has 0 bridgehead atoms. The Morgan fingerprint density at radius 3 is 2.33 bits per heavy atom. The molecule has 1 N–H and O–H groups in total. The Bertz CT molecular complexity index is 854. The number of sulfonamides is 1. The van der Waals surface area contributed by atoms with Crippen LogP contribution in [0.3, 0.4) is 0 Å². The van der Waals surface area contributed by atoms with Gasteiger partial charge in [0.15, 0.2) is 0 Å². The number of hydrogen-bond acceptors (Lipinski definition) is 4. The van der Waals surface area contributed by atoms with Crippen molar-refractivity contribution in [2.75, 3.05) is 13.7 Å². The Kier molecular flexibility index (Phi) is 5.35. The van der Waals surface area contributed by atoms with Crippen molar-refractivity contribution >= 4 is 10.0 Å². The number of aromatic nitrogens is 2. The van der Waals surface area contributed by atoms with Crippen LogP contribution in [-0.4, -0.2) is 31.9 Å². The Balaban J connectivity index is 2.14. The predicted octanol–water partition coefficient (Wildman–Crippen LogP) is 2.41. The number of ether oxygens (including phenoxy) is 1. The lowest BCUT2D eigenvalue weighted by Gasteiger charge is -2.13. The maximum Gasteiger partial charge on any atom is 0.240 e. The molecule has 0 unspecified atom stereocenters. The topological polar surface area (TPSA) is 73.2 Å². The van der Waals surface area contributed by atoms with Crippen LogP contribution in [0.15, 0.2) is 17.0 Å². The number of methoxy groups -OCH3 is 1. The van der Waals surface area contributed by atoms with Crippen molar-refractivity contribution in [3.05, 3.63) is 40.2 Å². The second-order valence-electron chi connectivity index (χ2n) is 6.00. The summed E-state index contributed by atoms with van der Waals surface area (Å²) in [4.78, 5) is 0.283. The smallest absolute Gasteiger partial charge is 0.240 e. The number of aryl methyl sites for hydroxylation is 3. The molecule has 6 nitrogen and oxygen atoms in total. The van der Waals surface area contributed by atoms with E-state index in [0.29, 0.717) is 17.9 Å². The van der Waals surface area contributed by atoms with E-state index in [0.717, 1.165) is 22.5 Å². The monoisotopic (exact) mass is 351 g/mol. The number of benzene rings is 1. The summed E-state index contributed by atoms with van der Waals surface area (Å²) in [6, 6.07) is 3.39. The van der Waals surface area contributed by atoms with Crippen molar-refractivity contribution in [1.82, 2.24) is 14.5 Å². The fourth-order valence-electron chi connectivity index (χ4n) is 2.64. The molecule has 0 radical (unpaired) electrons. The molecule has 24 heavy (non-hydrogen) atoms. The molecule has 0 saturated carbocycles. The van der Waals surface area contributed by atoms with E-state index < -0.39 is 10.0 Å². The molecule has 0 aliphatic heterocycles. The molecule has 7 heteroatoms.